The molecule has 0 bridgehead atoms. The van der Waals surface area contributed by atoms with E-state index in [9.17, 15) is 9.18 Å². The first-order chi connectivity index (χ1) is 7.52. The van der Waals surface area contributed by atoms with Crippen LogP contribution in [-0.4, -0.2) is 23.7 Å². The van der Waals surface area contributed by atoms with Crippen LogP contribution in [0.4, 0.5) is 4.39 Å². The zero-order chi connectivity index (χ0) is 12.1. The van der Waals surface area contributed by atoms with E-state index in [4.69, 9.17) is 22.4 Å². The summed E-state index contributed by atoms with van der Waals surface area (Å²) in [5, 5.41) is 12.1. The molecule has 1 unspecified atom stereocenters. The van der Waals surface area contributed by atoms with Gasteiger partial charge < -0.3 is 16.2 Å². The van der Waals surface area contributed by atoms with Crippen molar-refractivity contribution in [3.8, 4) is 0 Å². The van der Waals surface area contributed by atoms with Gasteiger partial charge in [0.2, 0.25) is 5.91 Å². The van der Waals surface area contributed by atoms with Crippen LogP contribution < -0.4 is 11.1 Å². The molecule has 0 aliphatic heterocycles. The lowest BCUT2D eigenvalue weighted by Gasteiger charge is -2.10. The average molecular weight is 247 g/mol. The molecule has 1 amide bonds. The number of nitrogens with two attached hydrogens (primary N) is 1. The molecule has 0 saturated carbocycles. The molecule has 0 aliphatic carbocycles. The number of carbonyl (C=O) groups excluding carboxylic acids is 1. The third-order valence-electron chi connectivity index (χ3n) is 2.03. The Hall–Kier alpha value is -1.17. The maximum absolute atomic E-state index is 13.3. The van der Waals surface area contributed by atoms with E-state index in [1.54, 1.807) is 6.07 Å². The number of amides is 1. The standard InChI is InChI=1S/C10H12ClFN2O2/c11-7-2-1-3-8(12)6(7)4-14-5-9(15)10(13)16/h1-3,9,14-15H,4-5H2,(H2,13,16). The van der Waals surface area contributed by atoms with Crippen LogP contribution in [0, 0.1) is 5.82 Å². The van der Waals surface area contributed by atoms with E-state index < -0.39 is 17.8 Å². The molecule has 1 atom stereocenters. The summed E-state index contributed by atoms with van der Waals surface area (Å²) in [7, 11) is 0. The first-order valence-corrected chi connectivity index (χ1v) is 5.01. The number of carbonyl (C=O) groups is 1. The van der Waals surface area contributed by atoms with E-state index in [-0.39, 0.29) is 13.1 Å². The summed E-state index contributed by atoms with van der Waals surface area (Å²) in [5.74, 6) is -1.26. The van der Waals surface area contributed by atoms with Gasteiger partial charge in [-0.25, -0.2) is 4.39 Å². The van der Waals surface area contributed by atoms with Gasteiger partial charge in [-0.2, -0.15) is 0 Å². The van der Waals surface area contributed by atoms with Crippen molar-refractivity contribution in [3.05, 3.63) is 34.6 Å². The van der Waals surface area contributed by atoms with Gasteiger partial charge in [0.05, 0.1) is 0 Å². The van der Waals surface area contributed by atoms with Crippen LogP contribution in [0.2, 0.25) is 5.02 Å². The first kappa shape index (κ1) is 12.9. The number of aliphatic hydroxyl groups excluding tert-OH is 1. The number of halogens is 2. The molecule has 1 rings (SSSR count). The van der Waals surface area contributed by atoms with Gasteiger partial charge in [-0.3, -0.25) is 4.79 Å². The fourth-order valence-corrected chi connectivity index (χ4v) is 1.37. The summed E-state index contributed by atoms with van der Waals surface area (Å²) >= 11 is 5.77. The quantitative estimate of drug-likeness (QED) is 0.705. The second-order valence-electron chi connectivity index (χ2n) is 3.25. The van der Waals surface area contributed by atoms with Gasteiger partial charge in [0.1, 0.15) is 11.9 Å². The molecule has 6 heteroatoms. The van der Waals surface area contributed by atoms with Crippen molar-refractivity contribution in [3.63, 3.8) is 0 Å². The molecule has 0 aromatic heterocycles. The van der Waals surface area contributed by atoms with Crippen molar-refractivity contribution in [2.75, 3.05) is 6.54 Å². The minimum atomic E-state index is -1.29. The third kappa shape index (κ3) is 3.44. The zero-order valence-corrected chi connectivity index (χ0v) is 9.17. The molecule has 0 saturated heterocycles. The molecule has 1 aromatic carbocycles. The summed E-state index contributed by atoms with van der Waals surface area (Å²) in [4.78, 5) is 10.5. The predicted octanol–water partition coefficient (Wildman–Crippen LogP) is 0.415. The minimum Gasteiger partial charge on any atom is -0.382 e. The molecule has 88 valence electrons. The lowest BCUT2D eigenvalue weighted by molar-refractivity contribution is -0.125. The van der Waals surface area contributed by atoms with Crippen LogP contribution in [0.1, 0.15) is 5.56 Å². The van der Waals surface area contributed by atoms with Crippen molar-refractivity contribution < 1.29 is 14.3 Å². The topological polar surface area (TPSA) is 75.4 Å². The molecule has 0 aliphatic rings. The molecule has 0 heterocycles. The summed E-state index contributed by atoms with van der Waals surface area (Å²) in [6.45, 7) is 0.0792. The first-order valence-electron chi connectivity index (χ1n) is 4.63. The maximum Gasteiger partial charge on any atom is 0.247 e. The van der Waals surface area contributed by atoms with Crippen molar-refractivity contribution in [1.29, 1.82) is 0 Å². The fourth-order valence-electron chi connectivity index (χ4n) is 1.14. The van der Waals surface area contributed by atoms with E-state index in [1.807, 2.05) is 0 Å². The Morgan fingerprint density at radius 2 is 2.31 bits per heavy atom. The molecular weight excluding hydrogens is 235 g/mol. The monoisotopic (exact) mass is 246 g/mol. The van der Waals surface area contributed by atoms with Crippen molar-refractivity contribution >= 4 is 17.5 Å². The molecule has 4 nitrogen and oxygen atoms in total. The highest BCUT2D eigenvalue weighted by molar-refractivity contribution is 6.31. The summed E-state index contributed by atoms with van der Waals surface area (Å²) in [6, 6.07) is 4.35. The summed E-state index contributed by atoms with van der Waals surface area (Å²) in [6.07, 6.45) is -1.29. The van der Waals surface area contributed by atoms with Crippen LogP contribution in [0.5, 0.6) is 0 Å². The van der Waals surface area contributed by atoms with E-state index in [0.29, 0.717) is 10.6 Å². The second kappa shape index (κ2) is 5.79. The van der Waals surface area contributed by atoms with Gasteiger partial charge in [0, 0.05) is 23.7 Å². The Morgan fingerprint density at radius 3 is 2.88 bits per heavy atom. The number of hydrogen-bond donors (Lipinski definition) is 3. The number of hydrogen-bond acceptors (Lipinski definition) is 3. The van der Waals surface area contributed by atoms with Crippen LogP contribution in [0.15, 0.2) is 18.2 Å². The predicted molar refractivity (Wildman–Crippen MR) is 58.3 cm³/mol. The van der Waals surface area contributed by atoms with E-state index >= 15 is 0 Å². The zero-order valence-electron chi connectivity index (χ0n) is 8.41. The van der Waals surface area contributed by atoms with Crippen LogP contribution in [0.3, 0.4) is 0 Å². The van der Waals surface area contributed by atoms with E-state index in [1.165, 1.54) is 12.1 Å². The largest absolute Gasteiger partial charge is 0.382 e. The Bertz CT molecular complexity index is 367. The highest BCUT2D eigenvalue weighted by Gasteiger charge is 2.11. The Morgan fingerprint density at radius 1 is 1.62 bits per heavy atom. The number of aliphatic hydroxyl groups is 1. The van der Waals surface area contributed by atoms with Crippen molar-refractivity contribution in [2.45, 2.75) is 12.6 Å². The summed E-state index contributed by atoms with van der Waals surface area (Å²) in [5.41, 5.74) is 5.14. The molecule has 0 radical (unpaired) electrons. The second-order valence-corrected chi connectivity index (χ2v) is 3.66. The summed E-state index contributed by atoms with van der Waals surface area (Å²) < 4.78 is 13.3. The van der Waals surface area contributed by atoms with Gasteiger partial charge in [0.25, 0.3) is 0 Å². The van der Waals surface area contributed by atoms with Gasteiger partial charge >= 0.3 is 0 Å². The lowest BCUT2D eigenvalue weighted by Crippen LogP contribution is -2.37. The fraction of sp³-hybridized carbons (Fsp3) is 0.300. The normalized spacial score (nSPS) is 12.4. The maximum atomic E-state index is 13.3. The number of primary amides is 1. The molecule has 0 spiro atoms. The molecule has 4 N–H and O–H groups in total. The Labute approximate surface area is 97.2 Å². The van der Waals surface area contributed by atoms with Gasteiger partial charge in [0.15, 0.2) is 0 Å². The molecule has 16 heavy (non-hydrogen) atoms. The number of nitrogens with one attached hydrogen (secondary N) is 1. The number of benzene rings is 1. The smallest absolute Gasteiger partial charge is 0.247 e. The average Bonchev–Trinajstić information content (AvgIpc) is 2.22. The highest BCUT2D eigenvalue weighted by atomic mass is 35.5. The van der Waals surface area contributed by atoms with Crippen LogP contribution >= 0.6 is 11.6 Å². The van der Waals surface area contributed by atoms with Crippen molar-refractivity contribution in [2.24, 2.45) is 5.73 Å². The van der Waals surface area contributed by atoms with Gasteiger partial charge in [-0.1, -0.05) is 17.7 Å². The Balaban J connectivity index is 2.52. The van der Waals surface area contributed by atoms with Crippen LogP contribution in [-0.2, 0) is 11.3 Å². The van der Waals surface area contributed by atoms with Gasteiger partial charge in [-0.15, -0.1) is 0 Å². The molecular formula is C10H12ClFN2O2. The Kier molecular flexibility index (Phi) is 4.67. The third-order valence-corrected chi connectivity index (χ3v) is 2.38. The minimum absolute atomic E-state index is 0.0417. The van der Waals surface area contributed by atoms with Crippen molar-refractivity contribution in [1.82, 2.24) is 5.32 Å². The van der Waals surface area contributed by atoms with Gasteiger partial charge in [-0.05, 0) is 12.1 Å². The van der Waals surface area contributed by atoms with E-state index in [2.05, 4.69) is 5.32 Å². The SMILES string of the molecule is NC(=O)C(O)CNCc1c(F)cccc1Cl. The highest BCUT2D eigenvalue weighted by Crippen LogP contribution is 2.18. The van der Waals surface area contributed by atoms with E-state index in [0.717, 1.165) is 0 Å². The molecule has 0 fully saturated rings. The van der Waals surface area contributed by atoms with Crippen LogP contribution in [0.25, 0.3) is 0 Å². The number of rotatable bonds is 5. The lowest BCUT2D eigenvalue weighted by atomic mass is 10.2. The molecule has 1 aromatic rings.